The second kappa shape index (κ2) is 23.9. The lowest BCUT2D eigenvalue weighted by Crippen LogP contribution is -2.33. The van der Waals surface area contributed by atoms with Gasteiger partial charge in [0.1, 0.15) is 11.6 Å². The molecular formula is C53H72N4O7. The number of phenolic OH excluding ortho intramolecular Hbond substituents is 1. The number of aryl methyl sites for hydroxylation is 1. The van der Waals surface area contributed by atoms with Crippen molar-refractivity contribution < 1.29 is 34.8 Å². The van der Waals surface area contributed by atoms with Gasteiger partial charge in [-0.1, -0.05) is 68.5 Å². The number of fused-ring (bicyclic) bond motifs is 2. The highest BCUT2D eigenvalue weighted by molar-refractivity contribution is 6.00. The second-order valence-corrected chi connectivity index (χ2v) is 18.6. The van der Waals surface area contributed by atoms with Crippen molar-refractivity contribution in [1.29, 1.82) is 0 Å². The first-order valence-corrected chi connectivity index (χ1v) is 23.7. The number of ether oxygens (including phenoxy) is 1. The summed E-state index contributed by atoms with van der Waals surface area (Å²) in [7, 11) is 1.51. The van der Waals surface area contributed by atoms with E-state index in [9.17, 15) is 30.0 Å². The van der Waals surface area contributed by atoms with Gasteiger partial charge >= 0.3 is 0 Å². The van der Waals surface area contributed by atoms with Crippen LogP contribution in [0.15, 0.2) is 78.3 Å². The van der Waals surface area contributed by atoms with Crippen LogP contribution in [0.1, 0.15) is 118 Å². The molecule has 0 radical (unpaired) electrons. The second-order valence-electron chi connectivity index (χ2n) is 18.6. The van der Waals surface area contributed by atoms with Crippen LogP contribution in [-0.2, 0) is 22.4 Å². The first kappa shape index (κ1) is 48.6. The lowest BCUT2D eigenvalue weighted by molar-refractivity contribution is -0.130. The highest BCUT2D eigenvalue weighted by Gasteiger charge is 2.41. The average Bonchev–Trinajstić information content (AvgIpc) is 3.67. The Labute approximate surface area is 380 Å². The molecule has 0 bridgehead atoms. The maximum Gasteiger partial charge on any atom is 0.160 e. The van der Waals surface area contributed by atoms with Gasteiger partial charge in [-0.25, -0.2) is 0 Å². The molecule has 8 N–H and O–H groups in total. The van der Waals surface area contributed by atoms with Crippen LogP contribution in [0, 0.1) is 41.4 Å². The van der Waals surface area contributed by atoms with Crippen molar-refractivity contribution in [3.05, 3.63) is 106 Å². The third-order valence-electron chi connectivity index (χ3n) is 13.6. The van der Waals surface area contributed by atoms with E-state index in [1.807, 2.05) is 36.5 Å². The van der Waals surface area contributed by atoms with Crippen molar-refractivity contribution in [2.24, 2.45) is 29.6 Å². The van der Waals surface area contributed by atoms with E-state index in [1.165, 1.54) is 12.7 Å². The van der Waals surface area contributed by atoms with E-state index in [0.29, 0.717) is 57.5 Å². The van der Waals surface area contributed by atoms with Gasteiger partial charge < -0.3 is 46.1 Å². The van der Waals surface area contributed by atoms with E-state index in [2.05, 4.69) is 64.8 Å². The molecule has 9 atom stereocenters. The molecule has 0 spiro atoms. The van der Waals surface area contributed by atoms with Crippen molar-refractivity contribution in [2.45, 2.75) is 115 Å². The van der Waals surface area contributed by atoms with Crippen LogP contribution in [0.2, 0.25) is 0 Å². The van der Waals surface area contributed by atoms with Crippen molar-refractivity contribution in [2.75, 3.05) is 39.9 Å². The number of Topliss-reactive ketones (excluding diaryl/α,β-unsaturated/α-hetero) is 2. The van der Waals surface area contributed by atoms with Gasteiger partial charge in [0.15, 0.2) is 11.5 Å². The Morgan fingerprint density at radius 2 is 1.81 bits per heavy atom. The number of phenols is 1. The first-order chi connectivity index (χ1) is 31.0. The number of H-pyrrole nitrogens is 1. The SMILES string of the molecule is CCCC(C(O)Cc1cc(C(C)CNCC(C)O)c[nH]1)C1CC(CC2=CCNC(NCCCO)=C2)CC2C#CC(c3ccccc3)c3cc(O)c(OC)cc3CCC(=O)CC(=O)C2C1. The molecule has 1 saturated carbocycles. The number of aliphatic hydroxyl groups is 3. The van der Waals surface area contributed by atoms with Crippen LogP contribution in [0.3, 0.4) is 0 Å². The number of ketones is 2. The fraction of sp³-hybridized carbons (Fsp3) is 0.547. The van der Waals surface area contributed by atoms with Crippen LogP contribution in [-0.4, -0.2) is 89.1 Å². The molecule has 346 valence electrons. The Kier molecular flexibility index (Phi) is 18.1. The number of benzene rings is 2. The topological polar surface area (TPSA) is 176 Å². The Hall–Kier alpha value is -4.86. The lowest BCUT2D eigenvalue weighted by atomic mass is 9.73. The molecule has 1 fully saturated rings. The summed E-state index contributed by atoms with van der Waals surface area (Å²) < 4.78 is 5.50. The van der Waals surface area contributed by atoms with Crippen LogP contribution < -0.4 is 20.7 Å². The number of hydrogen-bond donors (Lipinski definition) is 8. The number of aromatic amines is 1. The van der Waals surface area contributed by atoms with E-state index in [4.69, 9.17) is 4.74 Å². The standard InChI is InChI=1S/C53H72N4O7/c1-5-10-46(49(61)28-43-25-42(33-57-43)34(2)31-54-32-35(3)59)41-23-37(21-36-17-19-56-53(24-36)55-18-9-20-58)22-39-14-16-45(38-11-7-6-8-12-38)47-30-51(63)52(64-4)27-40(47)13-15-44(60)29-50(62)48(39)26-41/h6-8,11-12,17,24-25,27,30,33-35,37,39,41,45-46,48-49,54-59,61,63H,5,9-10,13,15,18-23,26,28-29,31-32H2,1-4H3. The Bertz CT molecular complexity index is 2120. The van der Waals surface area contributed by atoms with E-state index in [1.54, 1.807) is 19.1 Å². The number of carbonyl (C=O) groups is 2. The summed E-state index contributed by atoms with van der Waals surface area (Å²) >= 11 is 0. The number of nitrogens with one attached hydrogen (secondary N) is 4. The van der Waals surface area contributed by atoms with E-state index in [0.717, 1.165) is 66.0 Å². The van der Waals surface area contributed by atoms with Crippen molar-refractivity contribution >= 4 is 11.6 Å². The number of carbonyl (C=O) groups excluding carboxylic acids is 2. The molecular weight excluding hydrogens is 805 g/mol. The monoisotopic (exact) mass is 877 g/mol. The molecule has 9 unspecified atom stereocenters. The van der Waals surface area contributed by atoms with Crippen LogP contribution >= 0.6 is 0 Å². The summed E-state index contributed by atoms with van der Waals surface area (Å²) in [5, 5.41) is 52.6. The molecule has 0 amide bonds. The van der Waals surface area contributed by atoms with Crippen LogP contribution in [0.25, 0.3) is 0 Å². The number of aromatic nitrogens is 1. The number of methoxy groups -OCH3 is 1. The molecule has 1 aliphatic heterocycles. The third-order valence-corrected chi connectivity index (χ3v) is 13.6. The van der Waals surface area contributed by atoms with Gasteiger partial charge in [-0.05, 0) is 128 Å². The smallest absolute Gasteiger partial charge is 0.160 e. The summed E-state index contributed by atoms with van der Waals surface area (Å²) in [5.41, 5.74) is 5.95. The van der Waals surface area contributed by atoms with Gasteiger partial charge in [0, 0.05) is 69.4 Å². The van der Waals surface area contributed by atoms with E-state index >= 15 is 0 Å². The summed E-state index contributed by atoms with van der Waals surface area (Å²) in [6.45, 7) is 8.78. The van der Waals surface area contributed by atoms with E-state index < -0.39 is 24.0 Å². The summed E-state index contributed by atoms with van der Waals surface area (Å²) in [6, 6.07) is 15.7. The first-order valence-electron chi connectivity index (χ1n) is 23.7. The summed E-state index contributed by atoms with van der Waals surface area (Å²) in [6.07, 6.45) is 11.3. The quantitative estimate of drug-likeness (QED) is 0.0363. The fourth-order valence-electron chi connectivity index (χ4n) is 10.2. The zero-order chi connectivity index (χ0) is 45.6. The largest absolute Gasteiger partial charge is 0.504 e. The van der Waals surface area contributed by atoms with E-state index in [-0.39, 0.29) is 66.4 Å². The van der Waals surface area contributed by atoms with Crippen molar-refractivity contribution in [3.63, 3.8) is 0 Å². The molecule has 0 saturated heterocycles. The average molecular weight is 877 g/mol. The molecule has 3 aromatic rings. The van der Waals surface area contributed by atoms with Crippen LogP contribution in [0.5, 0.6) is 11.5 Å². The maximum absolute atomic E-state index is 14.7. The number of aliphatic hydroxyl groups excluding tert-OH is 3. The number of aromatic hydroxyl groups is 1. The highest BCUT2D eigenvalue weighted by atomic mass is 16.5. The predicted octanol–water partition coefficient (Wildman–Crippen LogP) is 6.81. The van der Waals surface area contributed by atoms with Gasteiger partial charge in [-0.2, -0.15) is 0 Å². The predicted molar refractivity (Wildman–Crippen MR) is 252 cm³/mol. The minimum atomic E-state index is -0.657. The van der Waals surface area contributed by atoms with Gasteiger partial charge in [0.25, 0.3) is 0 Å². The molecule has 11 nitrogen and oxygen atoms in total. The molecule has 3 aliphatic rings. The zero-order valence-corrected chi connectivity index (χ0v) is 38.4. The molecule has 2 heterocycles. The minimum Gasteiger partial charge on any atom is -0.504 e. The molecule has 1 aromatic heterocycles. The zero-order valence-electron chi connectivity index (χ0n) is 38.4. The van der Waals surface area contributed by atoms with Gasteiger partial charge in [-0.3, -0.25) is 9.59 Å². The summed E-state index contributed by atoms with van der Waals surface area (Å²) in [4.78, 5) is 32.0. The van der Waals surface area contributed by atoms with Gasteiger partial charge in [-0.15, -0.1) is 0 Å². The summed E-state index contributed by atoms with van der Waals surface area (Å²) in [5.74, 6) is 7.49. The molecule has 6 rings (SSSR count). The number of rotatable bonds is 19. The third kappa shape index (κ3) is 13.4. The highest BCUT2D eigenvalue weighted by Crippen LogP contribution is 2.45. The molecule has 64 heavy (non-hydrogen) atoms. The van der Waals surface area contributed by atoms with Crippen molar-refractivity contribution in [1.82, 2.24) is 20.9 Å². The van der Waals surface area contributed by atoms with Gasteiger partial charge in [0.2, 0.25) is 0 Å². The van der Waals surface area contributed by atoms with Crippen LogP contribution in [0.4, 0.5) is 0 Å². The molecule has 2 aliphatic carbocycles. The normalized spacial score (nSPS) is 23.5. The minimum absolute atomic E-state index is 0.00485. The number of allylic oxidation sites excluding steroid dienone is 2. The molecule has 11 heteroatoms. The molecule has 2 aromatic carbocycles. The Balaban J connectivity index is 1.38. The Morgan fingerprint density at radius 1 is 1.00 bits per heavy atom. The number of hydrogen-bond acceptors (Lipinski definition) is 10. The Morgan fingerprint density at radius 3 is 2.56 bits per heavy atom. The maximum atomic E-state index is 14.7. The van der Waals surface area contributed by atoms with Gasteiger partial charge in [0.05, 0.1) is 37.5 Å². The fourth-order valence-corrected chi connectivity index (χ4v) is 10.2. The lowest BCUT2D eigenvalue weighted by Gasteiger charge is -2.33. The number of dihydropyridines is 1. The van der Waals surface area contributed by atoms with Crippen molar-refractivity contribution in [3.8, 4) is 23.3 Å².